The molecule has 0 saturated carbocycles. The molecule has 136 valence electrons. The Morgan fingerprint density at radius 2 is 1.26 bits per heavy atom. The lowest BCUT2D eigenvalue weighted by Crippen LogP contribution is -2.26. The van der Waals surface area contributed by atoms with Gasteiger partial charge in [0, 0.05) is 6.54 Å². The van der Waals surface area contributed by atoms with Crippen LogP contribution in [-0.2, 0) is 4.79 Å². The number of unbranched alkanes of at least 4 members (excludes halogenated alkanes) is 12. The number of carbonyl (C=O) groups excluding carboxylic acids is 1. The maximum absolute atomic E-state index is 10.8. The van der Waals surface area contributed by atoms with Crippen LogP contribution in [0.1, 0.15) is 96.8 Å². The van der Waals surface area contributed by atoms with Crippen LogP contribution in [0.15, 0.2) is 12.2 Å². The van der Waals surface area contributed by atoms with Gasteiger partial charge in [-0.15, -0.1) is 0 Å². The van der Waals surface area contributed by atoms with Crippen molar-refractivity contribution in [3.63, 3.8) is 0 Å². The SMILES string of the molecule is CCCCCCCC/C=C\CCCCCCCCNC(=O)CO. The van der Waals surface area contributed by atoms with Crippen LogP contribution in [0, 0.1) is 0 Å². The number of nitrogens with one attached hydrogen (secondary N) is 1. The maximum Gasteiger partial charge on any atom is 0.245 e. The van der Waals surface area contributed by atoms with E-state index in [2.05, 4.69) is 24.4 Å². The lowest BCUT2D eigenvalue weighted by atomic mass is 10.1. The van der Waals surface area contributed by atoms with E-state index in [9.17, 15) is 4.79 Å². The van der Waals surface area contributed by atoms with Crippen LogP contribution >= 0.6 is 0 Å². The van der Waals surface area contributed by atoms with Gasteiger partial charge in [-0.2, -0.15) is 0 Å². The molecule has 0 saturated heterocycles. The van der Waals surface area contributed by atoms with Gasteiger partial charge < -0.3 is 10.4 Å². The molecule has 0 aromatic rings. The molecule has 0 radical (unpaired) electrons. The van der Waals surface area contributed by atoms with Crippen LogP contribution in [-0.4, -0.2) is 24.2 Å². The van der Waals surface area contributed by atoms with Crippen molar-refractivity contribution in [2.24, 2.45) is 0 Å². The van der Waals surface area contributed by atoms with Crippen molar-refractivity contribution in [1.29, 1.82) is 0 Å². The van der Waals surface area contributed by atoms with Crippen molar-refractivity contribution in [2.75, 3.05) is 13.2 Å². The number of amides is 1. The minimum atomic E-state index is -0.396. The van der Waals surface area contributed by atoms with Crippen molar-refractivity contribution in [3.8, 4) is 0 Å². The summed E-state index contributed by atoms with van der Waals surface area (Å²) in [6.07, 6.45) is 22.8. The number of allylic oxidation sites excluding steroid dienone is 2. The molecule has 3 nitrogen and oxygen atoms in total. The lowest BCUT2D eigenvalue weighted by molar-refractivity contribution is -0.123. The average molecular weight is 326 g/mol. The molecule has 0 aliphatic heterocycles. The number of hydrogen-bond acceptors (Lipinski definition) is 2. The first-order valence-electron chi connectivity index (χ1n) is 9.83. The van der Waals surface area contributed by atoms with Crippen molar-refractivity contribution < 1.29 is 9.90 Å². The van der Waals surface area contributed by atoms with E-state index < -0.39 is 6.61 Å². The Morgan fingerprint density at radius 1 is 0.783 bits per heavy atom. The lowest BCUT2D eigenvalue weighted by Gasteiger charge is -2.03. The number of aliphatic hydroxyl groups excluding tert-OH is 1. The van der Waals surface area contributed by atoms with E-state index in [4.69, 9.17) is 5.11 Å². The predicted octanol–water partition coefficient (Wildman–Crippen LogP) is 5.13. The summed E-state index contributed by atoms with van der Waals surface area (Å²) in [5.74, 6) is -0.266. The zero-order valence-electron chi connectivity index (χ0n) is 15.3. The highest BCUT2D eigenvalue weighted by Gasteiger charge is 1.96. The fourth-order valence-electron chi connectivity index (χ4n) is 2.66. The van der Waals surface area contributed by atoms with Gasteiger partial charge in [-0.05, 0) is 32.1 Å². The highest BCUT2D eigenvalue weighted by Crippen LogP contribution is 2.09. The molecule has 3 heteroatoms. The first kappa shape index (κ1) is 22.2. The summed E-state index contributed by atoms with van der Waals surface area (Å²) in [7, 11) is 0. The number of carbonyl (C=O) groups is 1. The van der Waals surface area contributed by atoms with Gasteiger partial charge in [-0.1, -0.05) is 76.9 Å². The van der Waals surface area contributed by atoms with Gasteiger partial charge in [0.1, 0.15) is 6.61 Å². The molecule has 0 unspecified atom stereocenters. The van der Waals surface area contributed by atoms with Crippen molar-refractivity contribution in [3.05, 3.63) is 12.2 Å². The van der Waals surface area contributed by atoms with Crippen LogP contribution in [0.5, 0.6) is 0 Å². The van der Waals surface area contributed by atoms with Crippen molar-refractivity contribution in [1.82, 2.24) is 5.32 Å². The van der Waals surface area contributed by atoms with Gasteiger partial charge >= 0.3 is 0 Å². The predicted molar refractivity (Wildman–Crippen MR) is 99.5 cm³/mol. The van der Waals surface area contributed by atoms with Crippen LogP contribution in [0.2, 0.25) is 0 Å². The second-order valence-corrected chi connectivity index (χ2v) is 6.45. The monoisotopic (exact) mass is 325 g/mol. The normalized spacial score (nSPS) is 11.2. The molecule has 0 heterocycles. The molecule has 2 N–H and O–H groups in total. The van der Waals surface area contributed by atoms with Gasteiger partial charge in [0.15, 0.2) is 0 Å². The Morgan fingerprint density at radius 3 is 1.78 bits per heavy atom. The van der Waals surface area contributed by atoms with Gasteiger partial charge in [0.05, 0.1) is 0 Å². The summed E-state index contributed by atoms with van der Waals surface area (Å²) in [6, 6.07) is 0. The number of hydrogen-bond donors (Lipinski definition) is 2. The molecule has 0 atom stereocenters. The fourth-order valence-corrected chi connectivity index (χ4v) is 2.66. The molecule has 0 aliphatic rings. The summed E-state index contributed by atoms with van der Waals surface area (Å²) in [5, 5.41) is 11.2. The molecule has 1 amide bonds. The Balaban J connectivity index is 3.09. The zero-order chi connectivity index (χ0) is 17.0. The van der Waals surface area contributed by atoms with Crippen LogP contribution in [0.4, 0.5) is 0 Å². The topological polar surface area (TPSA) is 49.3 Å². The second kappa shape index (κ2) is 19.2. The summed E-state index contributed by atoms with van der Waals surface area (Å²) in [4.78, 5) is 10.8. The van der Waals surface area contributed by atoms with E-state index in [1.807, 2.05) is 0 Å². The van der Waals surface area contributed by atoms with E-state index in [-0.39, 0.29) is 5.91 Å². The highest BCUT2D eigenvalue weighted by atomic mass is 16.3. The molecule has 0 spiro atoms. The van der Waals surface area contributed by atoms with Crippen LogP contribution < -0.4 is 5.32 Å². The average Bonchev–Trinajstić information content (AvgIpc) is 2.57. The molecular weight excluding hydrogens is 286 g/mol. The van der Waals surface area contributed by atoms with E-state index in [0.717, 1.165) is 6.42 Å². The Kier molecular flexibility index (Phi) is 18.5. The minimum Gasteiger partial charge on any atom is -0.387 e. The quantitative estimate of drug-likeness (QED) is 0.287. The molecular formula is C20H39NO2. The zero-order valence-corrected chi connectivity index (χ0v) is 15.3. The third kappa shape index (κ3) is 19.1. The Bertz CT molecular complexity index is 277. The number of rotatable bonds is 17. The summed E-state index contributed by atoms with van der Waals surface area (Å²) < 4.78 is 0. The molecule has 0 aromatic heterocycles. The minimum absolute atomic E-state index is 0.266. The number of aliphatic hydroxyl groups is 1. The first-order valence-corrected chi connectivity index (χ1v) is 9.83. The summed E-state index contributed by atoms with van der Waals surface area (Å²) in [6.45, 7) is 2.56. The second-order valence-electron chi connectivity index (χ2n) is 6.45. The van der Waals surface area contributed by atoms with Gasteiger partial charge in [-0.3, -0.25) is 4.79 Å². The maximum atomic E-state index is 10.8. The molecule has 0 aliphatic carbocycles. The largest absolute Gasteiger partial charge is 0.387 e. The molecule has 0 aromatic carbocycles. The van der Waals surface area contributed by atoms with E-state index >= 15 is 0 Å². The highest BCUT2D eigenvalue weighted by molar-refractivity contribution is 5.76. The van der Waals surface area contributed by atoms with Crippen LogP contribution in [0.25, 0.3) is 0 Å². The van der Waals surface area contributed by atoms with E-state index in [1.165, 1.54) is 83.5 Å². The van der Waals surface area contributed by atoms with Gasteiger partial charge in [-0.25, -0.2) is 0 Å². The smallest absolute Gasteiger partial charge is 0.245 e. The molecule has 0 rings (SSSR count). The van der Waals surface area contributed by atoms with Gasteiger partial charge in [0.25, 0.3) is 0 Å². The molecule has 0 bridgehead atoms. The summed E-state index contributed by atoms with van der Waals surface area (Å²) in [5.41, 5.74) is 0. The Hall–Kier alpha value is -0.830. The van der Waals surface area contributed by atoms with Gasteiger partial charge in [0.2, 0.25) is 5.91 Å². The van der Waals surface area contributed by atoms with E-state index in [0.29, 0.717) is 6.54 Å². The van der Waals surface area contributed by atoms with Crippen LogP contribution in [0.3, 0.4) is 0 Å². The summed E-state index contributed by atoms with van der Waals surface area (Å²) >= 11 is 0. The third-order valence-corrected chi connectivity index (χ3v) is 4.15. The van der Waals surface area contributed by atoms with E-state index in [1.54, 1.807) is 0 Å². The van der Waals surface area contributed by atoms with Crippen molar-refractivity contribution >= 4 is 5.91 Å². The molecule has 23 heavy (non-hydrogen) atoms. The Labute approximate surface area is 143 Å². The van der Waals surface area contributed by atoms with Crippen molar-refractivity contribution in [2.45, 2.75) is 96.8 Å². The first-order chi connectivity index (χ1) is 11.3. The third-order valence-electron chi connectivity index (χ3n) is 4.15. The fraction of sp³-hybridized carbons (Fsp3) is 0.850. The standard InChI is InChI=1S/C20H39NO2/c1-2-3-4-5-6-7-8-9-10-11-12-13-14-15-16-17-18-21-20(23)19-22/h9-10,22H,2-8,11-19H2,1H3,(H,21,23)/b10-9-. The molecule has 0 fully saturated rings.